The van der Waals surface area contributed by atoms with Crippen LogP contribution in [0.3, 0.4) is 0 Å². The highest BCUT2D eigenvalue weighted by Gasteiger charge is 2.40. The molecule has 2 N–H and O–H groups in total. The number of likely N-dealkylation sites (N-methyl/N-ethyl adjacent to an activating group) is 1. The number of hydrogen-bond donors (Lipinski definition) is 1. The molecule has 2 aliphatic heterocycles. The van der Waals surface area contributed by atoms with Crippen LogP contribution in [0.25, 0.3) is 0 Å². The Kier molecular flexibility index (Phi) is 5.63. The van der Waals surface area contributed by atoms with Crippen LogP contribution >= 0.6 is 0 Å². The van der Waals surface area contributed by atoms with Gasteiger partial charge in [0.15, 0.2) is 0 Å². The van der Waals surface area contributed by atoms with Crippen LogP contribution in [0.15, 0.2) is 0 Å². The summed E-state index contributed by atoms with van der Waals surface area (Å²) in [7, 11) is 2.22. The largest absolute Gasteiger partial charge is 0.378 e. The van der Waals surface area contributed by atoms with E-state index in [-0.39, 0.29) is 5.54 Å². The van der Waals surface area contributed by atoms with Crippen molar-refractivity contribution >= 4 is 0 Å². The summed E-state index contributed by atoms with van der Waals surface area (Å²) < 4.78 is 5.93. The fourth-order valence-corrected chi connectivity index (χ4v) is 3.63. The molecule has 2 fully saturated rings. The molecular weight excluding hydrogens is 238 g/mol. The highest BCUT2D eigenvalue weighted by molar-refractivity contribution is 4.97. The zero-order valence-corrected chi connectivity index (χ0v) is 12.7. The predicted octanol–water partition coefficient (Wildman–Crippen LogP) is 1.30. The van der Waals surface area contributed by atoms with E-state index in [1.165, 1.54) is 38.9 Å². The third-order valence-corrected chi connectivity index (χ3v) is 4.91. The van der Waals surface area contributed by atoms with Gasteiger partial charge in [0.25, 0.3) is 0 Å². The SMILES string of the molecule is CCCC1CC(CN)(N2CCCN(C)CC2)CCO1. The quantitative estimate of drug-likeness (QED) is 0.835. The lowest BCUT2D eigenvalue weighted by molar-refractivity contribution is -0.0727. The maximum Gasteiger partial charge on any atom is 0.0593 e. The Balaban J connectivity index is 2.03. The maximum absolute atomic E-state index is 6.20. The van der Waals surface area contributed by atoms with E-state index in [2.05, 4.69) is 23.8 Å². The van der Waals surface area contributed by atoms with Crippen molar-refractivity contribution in [2.24, 2.45) is 5.73 Å². The minimum absolute atomic E-state index is 0.198. The van der Waals surface area contributed by atoms with Crippen molar-refractivity contribution in [2.45, 2.75) is 50.7 Å². The Morgan fingerprint density at radius 1 is 1.26 bits per heavy atom. The van der Waals surface area contributed by atoms with E-state index < -0.39 is 0 Å². The lowest BCUT2D eigenvalue weighted by Gasteiger charge is -2.48. The molecule has 2 saturated heterocycles. The van der Waals surface area contributed by atoms with Gasteiger partial charge in [0.1, 0.15) is 0 Å². The Bertz CT molecular complexity index is 272. The summed E-state index contributed by atoms with van der Waals surface area (Å²) in [5.41, 5.74) is 6.40. The number of nitrogens with two attached hydrogens (primary N) is 1. The molecular formula is C15H31N3O. The van der Waals surface area contributed by atoms with Gasteiger partial charge in [-0.1, -0.05) is 13.3 Å². The van der Waals surface area contributed by atoms with Crippen molar-refractivity contribution in [3.8, 4) is 0 Å². The van der Waals surface area contributed by atoms with E-state index in [1.807, 2.05) is 0 Å². The normalized spacial score (nSPS) is 35.2. The van der Waals surface area contributed by atoms with E-state index in [0.717, 1.165) is 32.5 Å². The Labute approximate surface area is 118 Å². The molecule has 4 heteroatoms. The zero-order valence-electron chi connectivity index (χ0n) is 12.7. The van der Waals surface area contributed by atoms with Crippen LogP contribution in [0.1, 0.15) is 39.0 Å². The summed E-state index contributed by atoms with van der Waals surface area (Å²) in [5, 5.41) is 0. The first-order chi connectivity index (χ1) is 9.20. The minimum Gasteiger partial charge on any atom is -0.378 e. The molecule has 2 rings (SSSR count). The van der Waals surface area contributed by atoms with Crippen molar-refractivity contribution in [2.75, 3.05) is 46.4 Å². The molecule has 112 valence electrons. The van der Waals surface area contributed by atoms with Crippen LogP contribution in [0.4, 0.5) is 0 Å². The number of ether oxygens (including phenoxy) is 1. The molecule has 19 heavy (non-hydrogen) atoms. The first-order valence-electron chi connectivity index (χ1n) is 7.95. The van der Waals surface area contributed by atoms with Crippen molar-refractivity contribution < 1.29 is 4.74 Å². The molecule has 0 bridgehead atoms. The van der Waals surface area contributed by atoms with Crippen LogP contribution in [0.2, 0.25) is 0 Å². The highest BCUT2D eigenvalue weighted by atomic mass is 16.5. The summed E-state index contributed by atoms with van der Waals surface area (Å²) in [6, 6.07) is 0. The zero-order chi connectivity index (χ0) is 13.7. The molecule has 2 heterocycles. The molecule has 0 aromatic carbocycles. The second-order valence-corrected chi connectivity index (χ2v) is 6.31. The summed E-state index contributed by atoms with van der Waals surface area (Å²) in [6.07, 6.45) is 6.29. The summed E-state index contributed by atoms with van der Waals surface area (Å²) in [4.78, 5) is 5.11. The Hall–Kier alpha value is -0.160. The highest BCUT2D eigenvalue weighted by Crippen LogP contribution is 2.32. The second kappa shape index (κ2) is 7.02. The first-order valence-corrected chi connectivity index (χ1v) is 7.95. The van der Waals surface area contributed by atoms with Gasteiger partial charge in [0, 0.05) is 38.3 Å². The van der Waals surface area contributed by atoms with Gasteiger partial charge in [-0.05, 0) is 39.3 Å². The number of nitrogens with zero attached hydrogens (tertiary/aromatic N) is 2. The van der Waals surface area contributed by atoms with E-state index in [1.54, 1.807) is 0 Å². The van der Waals surface area contributed by atoms with Gasteiger partial charge in [-0.3, -0.25) is 4.90 Å². The van der Waals surface area contributed by atoms with E-state index in [0.29, 0.717) is 6.10 Å². The van der Waals surface area contributed by atoms with Crippen molar-refractivity contribution in [3.63, 3.8) is 0 Å². The first kappa shape index (κ1) is 15.2. The Morgan fingerprint density at radius 2 is 2.11 bits per heavy atom. The molecule has 0 aromatic rings. The van der Waals surface area contributed by atoms with Crippen LogP contribution < -0.4 is 5.73 Å². The second-order valence-electron chi connectivity index (χ2n) is 6.31. The van der Waals surface area contributed by atoms with Gasteiger partial charge < -0.3 is 15.4 Å². The Morgan fingerprint density at radius 3 is 2.84 bits per heavy atom. The summed E-state index contributed by atoms with van der Waals surface area (Å²) >= 11 is 0. The van der Waals surface area contributed by atoms with Crippen molar-refractivity contribution in [1.29, 1.82) is 0 Å². The average Bonchev–Trinajstić information content (AvgIpc) is 2.64. The smallest absolute Gasteiger partial charge is 0.0593 e. The molecule has 0 radical (unpaired) electrons. The third-order valence-electron chi connectivity index (χ3n) is 4.91. The third kappa shape index (κ3) is 3.69. The number of rotatable bonds is 4. The van der Waals surface area contributed by atoms with Crippen LogP contribution in [0, 0.1) is 0 Å². The van der Waals surface area contributed by atoms with Gasteiger partial charge in [0.05, 0.1) is 6.10 Å². The topological polar surface area (TPSA) is 41.7 Å². The van der Waals surface area contributed by atoms with Gasteiger partial charge in [-0.25, -0.2) is 0 Å². The summed E-state index contributed by atoms with van der Waals surface area (Å²) in [5.74, 6) is 0. The lowest BCUT2D eigenvalue weighted by atomic mass is 9.83. The van der Waals surface area contributed by atoms with Crippen molar-refractivity contribution in [3.05, 3.63) is 0 Å². The molecule has 2 aliphatic rings. The van der Waals surface area contributed by atoms with E-state index >= 15 is 0 Å². The average molecular weight is 269 g/mol. The van der Waals surface area contributed by atoms with Gasteiger partial charge >= 0.3 is 0 Å². The van der Waals surface area contributed by atoms with Gasteiger partial charge in [-0.2, -0.15) is 0 Å². The van der Waals surface area contributed by atoms with Gasteiger partial charge in [0.2, 0.25) is 0 Å². The fraction of sp³-hybridized carbons (Fsp3) is 1.00. The maximum atomic E-state index is 6.20. The van der Waals surface area contributed by atoms with E-state index in [9.17, 15) is 0 Å². The molecule has 0 saturated carbocycles. The molecule has 2 atom stereocenters. The predicted molar refractivity (Wildman–Crippen MR) is 79.4 cm³/mol. The lowest BCUT2D eigenvalue weighted by Crippen LogP contribution is -2.59. The molecule has 0 spiro atoms. The molecule has 0 aromatic heterocycles. The molecule has 2 unspecified atom stereocenters. The molecule has 0 amide bonds. The van der Waals surface area contributed by atoms with E-state index in [4.69, 9.17) is 10.5 Å². The van der Waals surface area contributed by atoms with Crippen LogP contribution in [-0.4, -0.2) is 67.8 Å². The minimum atomic E-state index is 0.198. The summed E-state index contributed by atoms with van der Waals surface area (Å²) in [6.45, 7) is 8.64. The number of hydrogen-bond acceptors (Lipinski definition) is 4. The molecule has 4 nitrogen and oxygen atoms in total. The van der Waals surface area contributed by atoms with Crippen molar-refractivity contribution in [1.82, 2.24) is 9.80 Å². The molecule has 0 aliphatic carbocycles. The standard InChI is InChI=1S/C15H31N3O/c1-3-5-14-12-15(13-16,6-11-19-14)18-8-4-7-17(2)9-10-18/h14H,3-13,16H2,1-2H3. The fourth-order valence-electron chi connectivity index (χ4n) is 3.63. The van der Waals surface area contributed by atoms with Gasteiger partial charge in [-0.15, -0.1) is 0 Å². The monoisotopic (exact) mass is 269 g/mol. The van der Waals surface area contributed by atoms with Crippen LogP contribution in [-0.2, 0) is 4.74 Å². The van der Waals surface area contributed by atoms with Crippen LogP contribution in [0.5, 0.6) is 0 Å².